The molecule has 1 aromatic carbocycles. The van der Waals surface area contributed by atoms with E-state index in [1.165, 1.54) is 6.92 Å². The highest BCUT2D eigenvalue weighted by atomic mass is 16.6. The van der Waals surface area contributed by atoms with Gasteiger partial charge >= 0.3 is 12.1 Å². The van der Waals surface area contributed by atoms with E-state index in [2.05, 4.69) is 6.58 Å². The molecule has 0 saturated carbocycles. The fourth-order valence-corrected chi connectivity index (χ4v) is 2.79. The van der Waals surface area contributed by atoms with Crippen LogP contribution in [0.2, 0.25) is 0 Å². The quantitative estimate of drug-likeness (QED) is 0.617. The third-order valence-corrected chi connectivity index (χ3v) is 3.87. The molecule has 1 amide bonds. The Kier molecular flexibility index (Phi) is 6.20. The van der Waals surface area contributed by atoms with Crippen LogP contribution in [0.1, 0.15) is 31.7 Å². The molecule has 2 atom stereocenters. The van der Waals surface area contributed by atoms with Crippen LogP contribution >= 0.6 is 0 Å². The van der Waals surface area contributed by atoms with Crippen LogP contribution in [-0.2, 0) is 20.9 Å². The number of ether oxygens (including phenoxy) is 2. The predicted octanol–water partition coefficient (Wildman–Crippen LogP) is 3.30. The number of piperidine rings is 1. The molecule has 0 aliphatic carbocycles. The maximum atomic E-state index is 12.4. The Labute approximate surface area is 136 Å². The summed E-state index contributed by atoms with van der Waals surface area (Å²) >= 11 is 0. The SMILES string of the molecule is C=CC[C@H]1CC[C@H](OC(C)=O)CN1C(=O)OCc1ccccc1. The number of nitrogens with zero attached hydrogens (tertiary/aromatic N) is 1. The van der Waals surface area contributed by atoms with Crippen LogP contribution < -0.4 is 0 Å². The minimum Gasteiger partial charge on any atom is -0.461 e. The molecule has 1 aliphatic rings. The number of rotatable bonds is 5. The molecule has 2 rings (SSSR count). The Balaban J connectivity index is 1.97. The molecule has 23 heavy (non-hydrogen) atoms. The van der Waals surface area contributed by atoms with Crippen molar-refractivity contribution in [3.8, 4) is 0 Å². The Morgan fingerprint density at radius 1 is 1.30 bits per heavy atom. The lowest BCUT2D eigenvalue weighted by atomic mass is 9.98. The second-order valence-corrected chi connectivity index (χ2v) is 5.68. The summed E-state index contributed by atoms with van der Waals surface area (Å²) in [6.45, 7) is 5.73. The third kappa shape index (κ3) is 5.13. The lowest BCUT2D eigenvalue weighted by Gasteiger charge is -2.38. The van der Waals surface area contributed by atoms with Crippen molar-refractivity contribution < 1.29 is 19.1 Å². The van der Waals surface area contributed by atoms with Crippen molar-refractivity contribution in [1.82, 2.24) is 4.90 Å². The predicted molar refractivity (Wildman–Crippen MR) is 86.7 cm³/mol. The Hall–Kier alpha value is -2.30. The lowest BCUT2D eigenvalue weighted by Crippen LogP contribution is -2.49. The molecular formula is C18H23NO4. The fraction of sp³-hybridized carbons (Fsp3) is 0.444. The van der Waals surface area contributed by atoms with Gasteiger partial charge in [-0.2, -0.15) is 0 Å². The molecular weight excluding hydrogens is 294 g/mol. The van der Waals surface area contributed by atoms with Crippen LogP contribution in [-0.4, -0.2) is 35.7 Å². The zero-order valence-corrected chi connectivity index (χ0v) is 13.4. The first kappa shape index (κ1) is 17.1. The molecule has 124 valence electrons. The number of amides is 1. The van der Waals surface area contributed by atoms with E-state index in [4.69, 9.17) is 9.47 Å². The third-order valence-electron chi connectivity index (χ3n) is 3.87. The van der Waals surface area contributed by atoms with Gasteiger partial charge in [-0.25, -0.2) is 4.79 Å². The number of carbonyl (C=O) groups excluding carboxylic acids is 2. The lowest BCUT2D eigenvalue weighted by molar-refractivity contribution is -0.149. The van der Waals surface area contributed by atoms with Gasteiger partial charge in [-0.1, -0.05) is 36.4 Å². The first-order valence-electron chi connectivity index (χ1n) is 7.85. The zero-order chi connectivity index (χ0) is 16.7. The van der Waals surface area contributed by atoms with Crippen LogP contribution in [0.15, 0.2) is 43.0 Å². The molecule has 1 aromatic rings. The number of carbonyl (C=O) groups is 2. The topological polar surface area (TPSA) is 55.8 Å². The van der Waals surface area contributed by atoms with Gasteiger partial charge in [-0.15, -0.1) is 6.58 Å². The second kappa shape index (κ2) is 8.36. The van der Waals surface area contributed by atoms with Crippen molar-refractivity contribution in [2.75, 3.05) is 6.54 Å². The van der Waals surface area contributed by atoms with Crippen LogP contribution in [0, 0.1) is 0 Å². The molecule has 0 spiro atoms. The summed E-state index contributed by atoms with van der Waals surface area (Å²) in [6.07, 6.45) is 3.38. The first-order chi connectivity index (χ1) is 11.1. The van der Waals surface area contributed by atoms with Crippen molar-refractivity contribution in [3.63, 3.8) is 0 Å². The summed E-state index contributed by atoms with van der Waals surface area (Å²) < 4.78 is 10.7. The van der Waals surface area contributed by atoms with Gasteiger partial charge in [0.15, 0.2) is 0 Å². The summed E-state index contributed by atoms with van der Waals surface area (Å²) in [4.78, 5) is 25.2. The van der Waals surface area contributed by atoms with E-state index in [0.717, 1.165) is 18.4 Å². The van der Waals surface area contributed by atoms with Crippen molar-refractivity contribution in [3.05, 3.63) is 48.6 Å². The van der Waals surface area contributed by atoms with Gasteiger partial charge in [0.05, 0.1) is 6.54 Å². The molecule has 0 radical (unpaired) electrons. The number of esters is 1. The van der Waals surface area contributed by atoms with Gasteiger partial charge < -0.3 is 14.4 Å². The molecule has 1 saturated heterocycles. The summed E-state index contributed by atoms with van der Waals surface area (Å²) in [5.74, 6) is -0.324. The van der Waals surface area contributed by atoms with Gasteiger partial charge in [-0.05, 0) is 24.8 Å². The van der Waals surface area contributed by atoms with E-state index in [1.807, 2.05) is 30.3 Å². The zero-order valence-electron chi connectivity index (χ0n) is 13.4. The highest BCUT2D eigenvalue weighted by Gasteiger charge is 2.33. The normalized spacial score (nSPS) is 20.7. The maximum Gasteiger partial charge on any atom is 0.410 e. The number of likely N-dealkylation sites (tertiary alicyclic amines) is 1. The van der Waals surface area contributed by atoms with E-state index in [1.54, 1.807) is 11.0 Å². The Bertz CT molecular complexity index is 543. The van der Waals surface area contributed by atoms with Crippen molar-refractivity contribution in [2.45, 2.75) is 44.9 Å². The van der Waals surface area contributed by atoms with Gasteiger partial charge in [-0.3, -0.25) is 4.79 Å². The Morgan fingerprint density at radius 3 is 2.70 bits per heavy atom. The van der Waals surface area contributed by atoms with E-state index in [0.29, 0.717) is 13.0 Å². The van der Waals surface area contributed by atoms with Crippen LogP contribution in [0.3, 0.4) is 0 Å². The summed E-state index contributed by atoms with van der Waals surface area (Å²) in [6, 6.07) is 9.59. The number of hydrogen-bond donors (Lipinski definition) is 0. The van der Waals surface area contributed by atoms with Gasteiger partial charge in [0.25, 0.3) is 0 Å². The standard InChI is InChI=1S/C18H23NO4/c1-3-7-16-10-11-17(23-14(2)20)12-19(16)18(21)22-13-15-8-5-4-6-9-15/h3-6,8-9,16-17H,1,7,10-13H2,2H3/t16-,17-/m0/s1. The fourth-order valence-electron chi connectivity index (χ4n) is 2.79. The van der Waals surface area contributed by atoms with Crippen LogP contribution in [0.5, 0.6) is 0 Å². The van der Waals surface area contributed by atoms with Gasteiger partial charge in [0.2, 0.25) is 0 Å². The average molecular weight is 317 g/mol. The monoisotopic (exact) mass is 317 g/mol. The number of hydrogen-bond acceptors (Lipinski definition) is 4. The Morgan fingerprint density at radius 2 is 2.04 bits per heavy atom. The number of benzene rings is 1. The molecule has 0 unspecified atom stereocenters. The molecule has 5 heteroatoms. The molecule has 1 aliphatic heterocycles. The molecule has 1 heterocycles. The molecule has 0 aromatic heterocycles. The van der Waals surface area contributed by atoms with Crippen LogP contribution in [0.25, 0.3) is 0 Å². The highest BCUT2D eigenvalue weighted by molar-refractivity contribution is 5.69. The van der Waals surface area contributed by atoms with Gasteiger partial charge in [0, 0.05) is 13.0 Å². The molecule has 5 nitrogen and oxygen atoms in total. The van der Waals surface area contributed by atoms with E-state index >= 15 is 0 Å². The minimum absolute atomic E-state index is 0.0441. The molecule has 0 bridgehead atoms. The summed E-state index contributed by atoms with van der Waals surface area (Å²) in [5.41, 5.74) is 0.940. The highest BCUT2D eigenvalue weighted by Crippen LogP contribution is 2.23. The van der Waals surface area contributed by atoms with E-state index in [9.17, 15) is 9.59 Å². The van der Waals surface area contributed by atoms with E-state index in [-0.39, 0.29) is 30.8 Å². The first-order valence-corrected chi connectivity index (χ1v) is 7.85. The van der Waals surface area contributed by atoms with Crippen LogP contribution in [0.4, 0.5) is 4.79 Å². The molecule has 1 fully saturated rings. The van der Waals surface area contributed by atoms with Crippen molar-refractivity contribution in [2.24, 2.45) is 0 Å². The van der Waals surface area contributed by atoms with Gasteiger partial charge in [0.1, 0.15) is 12.7 Å². The van der Waals surface area contributed by atoms with Crippen molar-refractivity contribution >= 4 is 12.1 Å². The summed E-state index contributed by atoms with van der Waals surface area (Å²) in [5, 5.41) is 0. The van der Waals surface area contributed by atoms with E-state index < -0.39 is 0 Å². The maximum absolute atomic E-state index is 12.4. The minimum atomic E-state index is -0.377. The average Bonchev–Trinajstić information content (AvgIpc) is 2.54. The largest absolute Gasteiger partial charge is 0.461 e. The second-order valence-electron chi connectivity index (χ2n) is 5.68. The summed E-state index contributed by atoms with van der Waals surface area (Å²) in [7, 11) is 0. The van der Waals surface area contributed by atoms with Crippen molar-refractivity contribution in [1.29, 1.82) is 0 Å². The molecule has 0 N–H and O–H groups in total. The smallest absolute Gasteiger partial charge is 0.410 e.